The van der Waals surface area contributed by atoms with Crippen LogP contribution in [0.4, 0.5) is 29.6 Å². The molecule has 5 heterocycles. The Bertz CT molecular complexity index is 1950. The normalized spacial score (nSPS) is 14.1. The van der Waals surface area contributed by atoms with Crippen LogP contribution in [-0.4, -0.2) is 65.4 Å². The Morgan fingerprint density at radius 1 is 1.07 bits per heavy atom. The molecule has 4 aromatic heterocycles. The van der Waals surface area contributed by atoms with Crippen LogP contribution in [0, 0.1) is 5.92 Å². The van der Waals surface area contributed by atoms with Crippen molar-refractivity contribution in [3.63, 3.8) is 0 Å². The highest BCUT2D eigenvalue weighted by molar-refractivity contribution is 6.36. The molecule has 1 aliphatic rings. The Morgan fingerprint density at radius 2 is 1.83 bits per heavy atom. The molecule has 0 bridgehead atoms. The standard InChI is InChI=1S/C29H27Cl2F3N8O4/c1-28(2,3)46-27(43)41-12-15(13-41)14-44-18-8-16(29(32,33)34)7-17(9-18)38-26-39-25-23(40(26)4)21(30)19(10-36-25)45-20-11-37-42-6-5-35-24(31)22(20)42/h5-11,15H,12-14H2,1-4H3,(H,36,38,39). The van der Waals surface area contributed by atoms with Crippen molar-refractivity contribution in [2.75, 3.05) is 25.0 Å². The minimum atomic E-state index is -4.64. The van der Waals surface area contributed by atoms with Gasteiger partial charge in [-0.1, -0.05) is 23.2 Å². The molecule has 1 aromatic carbocycles. The Labute approximate surface area is 270 Å². The molecule has 242 valence electrons. The number of aromatic nitrogens is 6. The van der Waals surface area contributed by atoms with Crippen LogP contribution in [0.2, 0.25) is 10.2 Å². The molecule has 0 atom stereocenters. The second kappa shape index (κ2) is 11.7. The Hall–Kier alpha value is -4.50. The Balaban J connectivity index is 1.20. The van der Waals surface area contributed by atoms with Gasteiger partial charge in [0.2, 0.25) is 5.95 Å². The number of hydrogen-bond acceptors (Lipinski definition) is 9. The first-order chi connectivity index (χ1) is 21.7. The minimum Gasteiger partial charge on any atom is -0.493 e. The highest BCUT2D eigenvalue weighted by atomic mass is 35.5. The number of alkyl halides is 3. The fourth-order valence-electron chi connectivity index (χ4n) is 4.78. The maximum absolute atomic E-state index is 13.8. The minimum absolute atomic E-state index is 0.000190. The summed E-state index contributed by atoms with van der Waals surface area (Å²) in [5.74, 6) is 0.574. The number of pyridine rings is 1. The molecule has 1 aliphatic heterocycles. The van der Waals surface area contributed by atoms with Crippen LogP contribution in [0.3, 0.4) is 0 Å². The number of imidazole rings is 1. The summed E-state index contributed by atoms with van der Waals surface area (Å²) < 4.78 is 61.6. The van der Waals surface area contributed by atoms with Crippen molar-refractivity contribution in [1.29, 1.82) is 0 Å². The van der Waals surface area contributed by atoms with Crippen LogP contribution in [0.5, 0.6) is 17.2 Å². The van der Waals surface area contributed by atoms with Gasteiger partial charge in [0.15, 0.2) is 22.3 Å². The van der Waals surface area contributed by atoms with Crippen molar-refractivity contribution >= 4 is 57.6 Å². The van der Waals surface area contributed by atoms with Gasteiger partial charge in [0.1, 0.15) is 27.4 Å². The second-order valence-electron chi connectivity index (χ2n) is 11.7. The molecule has 1 amide bonds. The number of nitrogens with one attached hydrogen (secondary N) is 1. The van der Waals surface area contributed by atoms with Crippen molar-refractivity contribution in [2.24, 2.45) is 13.0 Å². The number of fused-ring (bicyclic) bond motifs is 2. The third kappa shape index (κ3) is 6.42. The lowest BCUT2D eigenvalue weighted by Crippen LogP contribution is -2.53. The third-order valence-corrected chi connectivity index (χ3v) is 7.60. The van der Waals surface area contributed by atoms with Gasteiger partial charge in [0, 0.05) is 50.2 Å². The number of likely N-dealkylation sites (tertiary alicyclic amines) is 1. The number of hydrogen-bond donors (Lipinski definition) is 1. The van der Waals surface area contributed by atoms with Crippen LogP contribution in [0.15, 0.2) is 43.0 Å². The smallest absolute Gasteiger partial charge is 0.416 e. The van der Waals surface area contributed by atoms with E-state index in [2.05, 4.69) is 25.4 Å². The van der Waals surface area contributed by atoms with Gasteiger partial charge in [0.25, 0.3) is 0 Å². The van der Waals surface area contributed by atoms with Crippen molar-refractivity contribution in [1.82, 2.24) is 34.0 Å². The molecule has 46 heavy (non-hydrogen) atoms. The van der Waals surface area contributed by atoms with Crippen molar-refractivity contribution < 1.29 is 32.2 Å². The summed E-state index contributed by atoms with van der Waals surface area (Å²) in [7, 11) is 1.63. The maximum Gasteiger partial charge on any atom is 0.416 e. The number of anilines is 2. The summed E-state index contributed by atoms with van der Waals surface area (Å²) in [5.41, 5.74) is -0.445. The van der Waals surface area contributed by atoms with Crippen LogP contribution >= 0.6 is 23.2 Å². The van der Waals surface area contributed by atoms with Gasteiger partial charge in [-0.2, -0.15) is 23.3 Å². The molecule has 1 fully saturated rings. The van der Waals surface area contributed by atoms with Gasteiger partial charge in [-0.25, -0.2) is 19.3 Å². The van der Waals surface area contributed by atoms with Gasteiger partial charge in [-0.3, -0.25) is 0 Å². The first-order valence-electron chi connectivity index (χ1n) is 13.9. The van der Waals surface area contributed by atoms with Crippen LogP contribution < -0.4 is 14.8 Å². The highest BCUT2D eigenvalue weighted by Gasteiger charge is 2.35. The van der Waals surface area contributed by atoms with Crippen molar-refractivity contribution in [3.8, 4) is 17.2 Å². The molecule has 6 rings (SSSR count). The largest absolute Gasteiger partial charge is 0.493 e. The molecular weight excluding hydrogens is 652 g/mol. The first-order valence-corrected chi connectivity index (χ1v) is 14.7. The molecule has 0 radical (unpaired) electrons. The van der Waals surface area contributed by atoms with Gasteiger partial charge >= 0.3 is 12.3 Å². The predicted molar refractivity (Wildman–Crippen MR) is 163 cm³/mol. The molecule has 0 aliphatic carbocycles. The number of nitrogens with zero attached hydrogens (tertiary/aromatic N) is 7. The Kier molecular flexibility index (Phi) is 8.01. The molecule has 5 aromatic rings. The second-order valence-corrected chi connectivity index (χ2v) is 12.4. The zero-order valence-corrected chi connectivity index (χ0v) is 26.4. The summed E-state index contributed by atoms with van der Waals surface area (Å²) >= 11 is 12.9. The van der Waals surface area contributed by atoms with E-state index in [9.17, 15) is 18.0 Å². The number of carbonyl (C=O) groups is 1. The lowest BCUT2D eigenvalue weighted by molar-refractivity contribution is -0.137. The maximum atomic E-state index is 13.8. The zero-order chi connectivity index (χ0) is 33.0. The average molecular weight is 679 g/mol. The monoisotopic (exact) mass is 678 g/mol. The van der Waals surface area contributed by atoms with E-state index in [1.165, 1.54) is 34.1 Å². The molecule has 17 heteroatoms. The van der Waals surface area contributed by atoms with E-state index in [1.54, 1.807) is 38.6 Å². The molecule has 1 N–H and O–H groups in total. The van der Waals surface area contributed by atoms with Crippen LogP contribution in [0.25, 0.3) is 16.7 Å². The third-order valence-electron chi connectivity index (χ3n) is 6.96. The fourth-order valence-corrected chi connectivity index (χ4v) is 5.31. The summed E-state index contributed by atoms with van der Waals surface area (Å²) in [6.45, 7) is 6.18. The first kappa shape index (κ1) is 31.5. The number of benzene rings is 1. The number of halogens is 5. The fraction of sp³-hybridized carbons (Fsp3) is 0.345. The summed E-state index contributed by atoms with van der Waals surface area (Å²) in [6, 6.07) is 3.31. The number of rotatable bonds is 7. The SMILES string of the molecule is Cn1c(Nc2cc(OCC3CN(C(=O)OC(C)(C)C)C3)cc(C(F)(F)F)c2)nc2ncc(Oc3cnn4ccnc(Cl)c34)c(Cl)c21. The number of ether oxygens (including phenoxy) is 3. The summed E-state index contributed by atoms with van der Waals surface area (Å²) in [6.07, 6.45) is 0.840. The van der Waals surface area contributed by atoms with Gasteiger partial charge in [-0.15, -0.1) is 0 Å². The average Bonchev–Trinajstić information content (AvgIpc) is 3.49. The summed E-state index contributed by atoms with van der Waals surface area (Å²) in [5, 5.41) is 7.43. The van der Waals surface area contributed by atoms with Gasteiger partial charge in [-0.05, 0) is 32.9 Å². The van der Waals surface area contributed by atoms with E-state index in [1.807, 2.05) is 0 Å². The molecule has 12 nitrogen and oxygen atoms in total. The van der Waals surface area contributed by atoms with E-state index in [-0.39, 0.29) is 57.2 Å². The molecule has 0 saturated carbocycles. The zero-order valence-electron chi connectivity index (χ0n) is 24.9. The van der Waals surface area contributed by atoms with Gasteiger partial charge in [0.05, 0.1) is 24.6 Å². The Morgan fingerprint density at radius 3 is 2.54 bits per heavy atom. The molecule has 0 unspecified atom stereocenters. The molecule has 1 saturated heterocycles. The number of aryl methyl sites for hydroxylation is 1. The number of amides is 1. The predicted octanol–water partition coefficient (Wildman–Crippen LogP) is 7.12. The van der Waals surface area contributed by atoms with E-state index in [4.69, 9.17) is 37.4 Å². The van der Waals surface area contributed by atoms with Gasteiger partial charge < -0.3 is 29.0 Å². The lowest BCUT2D eigenvalue weighted by atomic mass is 10.0. The highest BCUT2D eigenvalue weighted by Crippen LogP contribution is 2.39. The van der Waals surface area contributed by atoms with Crippen molar-refractivity contribution in [3.05, 3.63) is 58.7 Å². The number of carbonyl (C=O) groups excluding carboxylic acids is 1. The van der Waals surface area contributed by atoms with Crippen LogP contribution in [0.1, 0.15) is 26.3 Å². The summed E-state index contributed by atoms with van der Waals surface area (Å²) in [4.78, 5) is 26.5. The molecule has 0 spiro atoms. The topological polar surface area (TPSA) is 121 Å². The van der Waals surface area contributed by atoms with Crippen LogP contribution in [-0.2, 0) is 18.0 Å². The van der Waals surface area contributed by atoms with E-state index < -0.39 is 23.4 Å². The van der Waals surface area contributed by atoms with E-state index in [0.29, 0.717) is 24.1 Å². The van der Waals surface area contributed by atoms with Crippen molar-refractivity contribution in [2.45, 2.75) is 32.5 Å². The van der Waals surface area contributed by atoms with E-state index >= 15 is 0 Å². The van der Waals surface area contributed by atoms with E-state index in [0.717, 1.165) is 12.1 Å². The lowest BCUT2D eigenvalue weighted by Gasteiger charge is -2.39. The molecular formula is C29H27Cl2F3N8O4. The quantitative estimate of drug-likeness (QED) is 0.192.